The fraction of sp³-hybridized carbons (Fsp3) is 0.654. The lowest BCUT2D eigenvalue weighted by Gasteiger charge is -2.39. The molecule has 1 fully saturated rings. The minimum Gasteiger partial charge on any atom is -0.465 e. The summed E-state index contributed by atoms with van der Waals surface area (Å²) < 4.78 is 16.3. The van der Waals surface area contributed by atoms with Crippen LogP contribution in [0.15, 0.2) is 30.3 Å². The molecule has 32 heavy (non-hydrogen) atoms. The second-order valence-electron chi connectivity index (χ2n) is 10.2. The van der Waals surface area contributed by atoms with Crippen molar-refractivity contribution in [3.63, 3.8) is 0 Å². The number of carbonyl (C=O) groups is 3. The number of Topliss-reactive ketones (excluding diaryl/α,β-unsaturated/α-hetero) is 1. The molecule has 0 radical (unpaired) electrons. The van der Waals surface area contributed by atoms with Gasteiger partial charge in [0, 0.05) is 11.8 Å². The van der Waals surface area contributed by atoms with Gasteiger partial charge in [0.15, 0.2) is 0 Å². The van der Waals surface area contributed by atoms with Crippen molar-refractivity contribution in [2.75, 3.05) is 19.8 Å². The van der Waals surface area contributed by atoms with Crippen LogP contribution in [-0.4, -0.2) is 43.6 Å². The second-order valence-corrected chi connectivity index (χ2v) is 10.2. The zero-order valence-electron chi connectivity index (χ0n) is 20.4. The third-order valence-corrected chi connectivity index (χ3v) is 6.60. The number of hydrogen-bond acceptors (Lipinski definition) is 6. The summed E-state index contributed by atoms with van der Waals surface area (Å²) >= 11 is 0. The molecule has 1 aromatic rings. The van der Waals surface area contributed by atoms with E-state index in [9.17, 15) is 14.4 Å². The van der Waals surface area contributed by atoms with Crippen LogP contribution in [-0.2, 0) is 35.0 Å². The van der Waals surface area contributed by atoms with Gasteiger partial charge >= 0.3 is 11.9 Å². The number of esters is 2. The Hall–Kier alpha value is -2.21. The molecule has 6 heteroatoms. The summed E-state index contributed by atoms with van der Waals surface area (Å²) in [6.07, 6.45) is 1.61. The van der Waals surface area contributed by atoms with Crippen LogP contribution in [0, 0.1) is 16.2 Å². The lowest BCUT2D eigenvalue weighted by Crippen LogP contribution is -2.44. The highest BCUT2D eigenvalue weighted by atomic mass is 16.6. The fourth-order valence-corrected chi connectivity index (χ4v) is 4.10. The maximum atomic E-state index is 13.2. The Bertz CT molecular complexity index is 798. The highest BCUT2D eigenvalue weighted by molar-refractivity contribution is 5.84. The monoisotopic (exact) mass is 446 g/mol. The predicted molar refractivity (Wildman–Crippen MR) is 122 cm³/mol. The average Bonchev–Trinajstić information content (AvgIpc) is 3.56. The van der Waals surface area contributed by atoms with Crippen molar-refractivity contribution >= 4 is 17.7 Å². The summed E-state index contributed by atoms with van der Waals surface area (Å²) in [5, 5.41) is 0. The van der Waals surface area contributed by atoms with E-state index < -0.39 is 22.2 Å². The van der Waals surface area contributed by atoms with E-state index in [0.29, 0.717) is 19.4 Å². The number of epoxide rings is 1. The molecule has 2 rings (SSSR count). The standard InChI is InChI=1S/C26H38O6/c1-7-25(5,22(28)30-14-13-20-11-9-8-10-12-20)18-26(6,17-24(3,4)19(2)27)23(29)32-16-21-15-31-21/h8-12,21H,7,13-18H2,1-6H3. The molecule has 0 bridgehead atoms. The molecule has 1 saturated heterocycles. The van der Waals surface area contributed by atoms with Gasteiger partial charge in [-0.05, 0) is 45.6 Å². The van der Waals surface area contributed by atoms with Crippen LogP contribution < -0.4 is 0 Å². The summed E-state index contributed by atoms with van der Waals surface area (Å²) in [5.41, 5.74) is -1.53. The molecule has 1 heterocycles. The highest BCUT2D eigenvalue weighted by Gasteiger charge is 2.49. The zero-order valence-corrected chi connectivity index (χ0v) is 20.4. The molecule has 0 spiro atoms. The van der Waals surface area contributed by atoms with E-state index in [1.54, 1.807) is 6.92 Å². The van der Waals surface area contributed by atoms with Crippen LogP contribution in [0.4, 0.5) is 0 Å². The Morgan fingerprint density at radius 1 is 0.969 bits per heavy atom. The topological polar surface area (TPSA) is 82.2 Å². The molecule has 3 atom stereocenters. The Balaban J connectivity index is 2.13. The highest BCUT2D eigenvalue weighted by Crippen LogP contribution is 2.45. The van der Waals surface area contributed by atoms with E-state index in [2.05, 4.69) is 0 Å². The summed E-state index contributed by atoms with van der Waals surface area (Å²) in [6, 6.07) is 9.84. The van der Waals surface area contributed by atoms with Gasteiger partial charge in [-0.25, -0.2) is 0 Å². The van der Waals surface area contributed by atoms with Gasteiger partial charge in [0.05, 0.1) is 24.0 Å². The summed E-state index contributed by atoms with van der Waals surface area (Å²) in [6.45, 7) is 11.8. The van der Waals surface area contributed by atoms with Gasteiger partial charge in [0.2, 0.25) is 0 Å². The molecule has 0 aliphatic carbocycles. The Morgan fingerprint density at radius 3 is 2.09 bits per heavy atom. The van der Waals surface area contributed by atoms with Crippen LogP contribution in [0.3, 0.4) is 0 Å². The molecular formula is C26H38O6. The fourth-order valence-electron chi connectivity index (χ4n) is 4.10. The minimum absolute atomic E-state index is 0.00862. The first-order valence-corrected chi connectivity index (χ1v) is 11.4. The summed E-state index contributed by atoms with van der Waals surface area (Å²) in [7, 11) is 0. The SMILES string of the molecule is CCC(C)(CC(C)(CC(C)(C)C(C)=O)C(=O)OCC1CO1)C(=O)OCCc1ccccc1. The number of rotatable bonds is 13. The molecule has 1 aromatic carbocycles. The van der Waals surface area contributed by atoms with Crippen LogP contribution >= 0.6 is 0 Å². The number of benzene rings is 1. The van der Waals surface area contributed by atoms with E-state index in [1.165, 1.54) is 6.92 Å². The van der Waals surface area contributed by atoms with Crippen molar-refractivity contribution in [2.45, 2.75) is 73.3 Å². The average molecular weight is 447 g/mol. The van der Waals surface area contributed by atoms with Gasteiger partial charge in [0.1, 0.15) is 18.5 Å². The first kappa shape index (κ1) is 26.0. The maximum absolute atomic E-state index is 13.2. The van der Waals surface area contributed by atoms with Crippen molar-refractivity contribution in [1.29, 1.82) is 0 Å². The zero-order chi connectivity index (χ0) is 24.0. The van der Waals surface area contributed by atoms with Crippen molar-refractivity contribution in [2.24, 2.45) is 16.2 Å². The number of carbonyl (C=O) groups excluding carboxylic acids is 3. The van der Waals surface area contributed by atoms with Gasteiger partial charge in [0.25, 0.3) is 0 Å². The van der Waals surface area contributed by atoms with Crippen LogP contribution in [0.25, 0.3) is 0 Å². The van der Waals surface area contributed by atoms with Crippen LogP contribution in [0.5, 0.6) is 0 Å². The molecule has 178 valence electrons. The Labute approximate surface area is 192 Å². The largest absolute Gasteiger partial charge is 0.465 e. The molecule has 0 aromatic heterocycles. The molecule has 0 N–H and O–H groups in total. The first-order chi connectivity index (χ1) is 14.9. The first-order valence-electron chi connectivity index (χ1n) is 11.4. The van der Waals surface area contributed by atoms with E-state index >= 15 is 0 Å². The number of ether oxygens (including phenoxy) is 3. The quantitative estimate of drug-likeness (QED) is 0.327. The van der Waals surface area contributed by atoms with E-state index in [1.807, 2.05) is 58.0 Å². The number of ketones is 1. The van der Waals surface area contributed by atoms with Crippen molar-refractivity contribution in [3.8, 4) is 0 Å². The predicted octanol–water partition coefficient (Wildman–Crippen LogP) is 4.53. The van der Waals surface area contributed by atoms with Gasteiger partial charge in [-0.3, -0.25) is 14.4 Å². The molecule has 1 aliphatic rings. The summed E-state index contributed by atoms with van der Waals surface area (Å²) in [5.74, 6) is -0.745. The summed E-state index contributed by atoms with van der Waals surface area (Å²) in [4.78, 5) is 38.5. The molecule has 3 unspecified atom stereocenters. The third-order valence-electron chi connectivity index (χ3n) is 6.60. The maximum Gasteiger partial charge on any atom is 0.311 e. The number of hydrogen-bond donors (Lipinski definition) is 0. The molecule has 6 nitrogen and oxygen atoms in total. The van der Waals surface area contributed by atoms with E-state index in [0.717, 1.165) is 5.56 Å². The van der Waals surface area contributed by atoms with Gasteiger partial charge in [-0.1, -0.05) is 51.1 Å². The molecule has 0 amide bonds. The second kappa shape index (κ2) is 10.6. The molecule has 0 saturated carbocycles. The van der Waals surface area contributed by atoms with Crippen molar-refractivity contribution in [3.05, 3.63) is 35.9 Å². The van der Waals surface area contributed by atoms with Crippen LogP contribution in [0.1, 0.15) is 66.4 Å². The molecular weight excluding hydrogens is 408 g/mol. The molecule has 1 aliphatic heterocycles. The Kier molecular flexibility index (Phi) is 8.63. The lowest BCUT2D eigenvalue weighted by atomic mass is 9.64. The minimum atomic E-state index is -1.02. The third kappa shape index (κ3) is 7.16. The van der Waals surface area contributed by atoms with Gasteiger partial charge in [-0.2, -0.15) is 0 Å². The lowest BCUT2D eigenvalue weighted by molar-refractivity contribution is -0.166. The van der Waals surface area contributed by atoms with E-state index in [-0.39, 0.29) is 43.9 Å². The van der Waals surface area contributed by atoms with Crippen molar-refractivity contribution in [1.82, 2.24) is 0 Å². The van der Waals surface area contributed by atoms with Crippen molar-refractivity contribution < 1.29 is 28.6 Å². The smallest absolute Gasteiger partial charge is 0.311 e. The van der Waals surface area contributed by atoms with Gasteiger partial charge < -0.3 is 14.2 Å². The normalized spacial score (nSPS) is 19.4. The van der Waals surface area contributed by atoms with E-state index in [4.69, 9.17) is 14.2 Å². The Morgan fingerprint density at radius 2 is 1.56 bits per heavy atom. The van der Waals surface area contributed by atoms with Gasteiger partial charge in [-0.15, -0.1) is 0 Å². The van der Waals surface area contributed by atoms with Crippen LogP contribution in [0.2, 0.25) is 0 Å².